The maximum atomic E-state index is 11.5. The predicted molar refractivity (Wildman–Crippen MR) is 55.1 cm³/mol. The molecule has 0 aliphatic heterocycles. The van der Waals surface area contributed by atoms with E-state index in [2.05, 4.69) is 15.5 Å². The Hall–Kier alpha value is -1.16. The monoisotopic (exact) mass is 213 g/mol. The molecule has 0 radical (unpaired) electrons. The van der Waals surface area contributed by atoms with Crippen molar-refractivity contribution in [1.29, 1.82) is 0 Å². The highest BCUT2D eigenvalue weighted by molar-refractivity contribution is 6.30. The molecule has 76 valence electrons. The van der Waals surface area contributed by atoms with Gasteiger partial charge in [0.15, 0.2) is 5.82 Å². The van der Waals surface area contributed by atoms with Crippen LogP contribution in [0, 0.1) is 5.41 Å². The third-order valence-electron chi connectivity index (χ3n) is 1.54. The Balaban J connectivity index is 2.75. The number of carbonyl (C=O) groups is 1. The summed E-state index contributed by atoms with van der Waals surface area (Å²) in [5.41, 5.74) is -0.454. The van der Waals surface area contributed by atoms with Crippen LogP contribution in [0.15, 0.2) is 12.3 Å². The van der Waals surface area contributed by atoms with E-state index in [1.54, 1.807) is 6.07 Å². The molecule has 0 aromatic carbocycles. The Morgan fingerprint density at radius 2 is 2.14 bits per heavy atom. The van der Waals surface area contributed by atoms with Gasteiger partial charge in [0.1, 0.15) is 0 Å². The van der Waals surface area contributed by atoms with Gasteiger partial charge < -0.3 is 5.32 Å². The zero-order chi connectivity index (χ0) is 10.8. The van der Waals surface area contributed by atoms with E-state index in [9.17, 15) is 4.79 Å². The van der Waals surface area contributed by atoms with E-state index in [1.807, 2.05) is 20.8 Å². The Kier molecular flexibility index (Phi) is 3.06. The van der Waals surface area contributed by atoms with Crippen LogP contribution < -0.4 is 5.32 Å². The van der Waals surface area contributed by atoms with Gasteiger partial charge in [-0.25, -0.2) is 0 Å². The van der Waals surface area contributed by atoms with Gasteiger partial charge in [-0.3, -0.25) is 4.79 Å². The Bertz CT molecular complexity index is 346. The van der Waals surface area contributed by atoms with Crippen molar-refractivity contribution in [3.05, 3.63) is 17.3 Å². The largest absolute Gasteiger partial charge is 0.309 e. The van der Waals surface area contributed by atoms with Gasteiger partial charge in [-0.15, -0.1) is 5.10 Å². The number of nitrogens with zero attached hydrogens (tertiary/aromatic N) is 2. The summed E-state index contributed by atoms with van der Waals surface area (Å²) in [5.74, 6) is 0.256. The van der Waals surface area contributed by atoms with Crippen LogP contribution in [-0.2, 0) is 4.79 Å². The zero-order valence-electron chi connectivity index (χ0n) is 8.34. The van der Waals surface area contributed by atoms with Crippen LogP contribution in [0.3, 0.4) is 0 Å². The number of hydrogen-bond acceptors (Lipinski definition) is 3. The molecular formula is C9H12ClN3O. The van der Waals surface area contributed by atoms with Crippen molar-refractivity contribution in [1.82, 2.24) is 10.2 Å². The molecule has 1 heterocycles. The van der Waals surface area contributed by atoms with Crippen LogP contribution in [0.2, 0.25) is 5.02 Å². The summed E-state index contributed by atoms with van der Waals surface area (Å²) in [7, 11) is 0. The van der Waals surface area contributed by atoms with Crippen LogP contribution >= 0.6 is 11.6 Å². The summed E-state index contributed by atoms with van der Waals surface area (Å²) in [5, 5.41) is 10.4. The highest BCUT2D eigenvalue weighted by atomic mass is 35.5. The molecule has 0 bridgehead atoms. The van der Waals surface area contributed by atoms with Crippen LogP contribution in [-0.4, -0.2) is 16.1 Å². The number of halogens is 1. The van der Waals surface area contributed by atoms with E-state index in [0.717, 1.165) is 0 Å². The summed E-state index contributed by atoms with van der Waals surface area (Å²) in [6, 6.07) is 1.55. The lowest BCUT2D eigenvalue weighted by molar-refractivity contribution is -0.123. The maximum absolute atomic E-state index is 11.5. The van der Waals surface area contributed by atoms with Gasteiger partial charge in [0, 0.05) is 11.5 Å². The number of anilines is 1. The summed E-state index contributed by atoms with van der Waals surface area (Å²) in [4.78, 5) is 11.5. The lowest BCUT2D eigenvalue weighted by Crippen LogP contribution is -2.28. The van der Waals surface area contributed by atoms with Crippen molar-refractivity contribution < 1.29 is 4.79 Å². The molecule has 14 heavy (non-hydrogen) atoms. The first kappa shape index (κ1) is 10.9. The molecule has 0 unspecified atom stereocenters. The molecule has 1 amide bonds. The van der Waals surface area contributed by atoms with Gasteiger partial charge in [0.25, 0.3) is 0 Å². The minimum atomic E-state index is -0.454. The lowest BCUT2D eigenvalue weighted by atomic mass is 9.96. The number of nitrogens with one attached hydrogen (secondary N) is 1. The van der Waals surface area contributed by atoms with Gasteiger partial charge in [-0.1, -0.05) is 32.4 Å². The quantitative estimate of drug-likeness (QED) is 0.778. The summed E-state index contributed by atoms with van der Waals surface area (Å²) in [6.45, 7) is 5.46. The number of rotatable bonds is 1. The van der Waals surface area contributed by atoms with E-state index in [-0.39, 0.29) is 5.91 Å². The Labute approximate surface area is 87.7 Å². The first-order valence-electron chi connectivity index (χ1n) is 4.19. The number of carbonyl (C=O) groups excluding carboxylic acids is 1. The molecular weight excluding hydrogens is 202 g/mol. The molecule has 5 heteroatoms. The average molecular weight is 214 g/mol. The Morgan fingerprint density at radius 3 is 2.64 bits per heavy atom. The number of amides is 1. The van der Waals surface area contributed by atoms with Crippen molar-refractivity contribution in [3.63, 3.8) is 0 Å². The molecule has 0 saturated heterocycles. The van der Waals surface area contributed by atoms with Crippen LogP contribution in [0.4, 0.5) is 5.82 Å². The van der Waals surface area contributed by atoms with Crippen molar-refractivity contribution >= 4 is 23.3 Å². The van der Waals surface area contributed by atoms with Crippen molar-refractivity contribution in [2.45, 2.75) is 20.8 Å². The molecule has 1 aromatic rings. The zero-order valence-corrected chi connectivity index (χ0v) is 9.09. The van der Waals surface area contributed by atoms with E-state index in [4.69, 9.17) is 11.6 Å². The van der Waals surface area contributed by atoms with Gasteiger partial charge >= 0.3 is 0 Å². The Morgan fingerprint density at radius 1 is 1.50 bits per heavy atom. The lowest BCUT2D eigenvalue weighted by Gasteiger charge is -2.16. The van der Waals surface area contributed by atoms with Crippen LogP contribution in [0.5, 0.6) is 0 Å². The first-order valence-corrected chi connectivity index (χ1v) is 4.57. The predicted octanol–water partition coefficient (Wildman–Crippen LogP) is 2.11. The average Bonchev–Trinajstić information content (AvgIpc) is 2.02. The third-order valence-corrected chi connectivity index (χ3v) is 1.75. The van der Waals surface area contributed by atoms with E-state index in [1.165, 1.54) is 6.20 Å². The molecule has 4 nitrogen and oxygen atoms in total. The normalized spacial score (nSPS) is 11.1. The van der Waals surface area contributed by atoms with Crippen molar-refractivity contribution in [3.8, 4) is 0 Å². The first-order chi connectivity index (χ1) is 6.39. The fourth-order valence-corrected chi connectivity index (χ4v) is 0.855. The molecule has 0 fully saturated rings. The van der Waals surface area contributed by atoms with Crippen LogP contribution in [0.25, 0.3) is 0 Å². The maximum Gasteiger partial charge on any atom is 0.230 e. The van der Waals surface area contributed by atoms with Crippen molar-refractivity contribution in [2.75, 3.05) is 5.32 Å². The summed E-state index contributed by atoms with van der Waals surface area (Å²) < 4.78 is 0. The van der Waals surface area contributed by atoms with Crippen molar-refractivity contribution in [2.24, 2.45) is 5.41 Å². The minimum absolute atomic E-state index is 0.117. The molecule has 1 aromatic heterocycles. The summed E-state index contributed by atoms with van der Waals surface area (Å²) in [6.07, 6.45) is 1.41. The fourth-order valence-electron chi connectivity index (χ4n) is 0.708. The molecule has 1 rings (SSSR count). The molecule has 1 N–H and O–H groups in total. The second-order valence-electron chi connectivity index (χ2n) is 3.96. The van der Waals surface area contributed by atoms with Gasteiger partial charge in [-0.2, -0.15) is 5.10 Å². The van der Waals surface area contributed by atoms with E-state index in [0.29, 0.717) is 10.8 Å². The third kappa shape index (κ3) is 2.96. The summed E-state index contributed by atoms with van der Waals surface area (Å²) >= 11 is 5.69. The highest BCUT2D eigenvalue weighted by Crippen LogP contribution is 2.17. The van der Waals surface area contributed by atoms with Gasteiger partial charge in [0.2, 0.25) is 5.91 Å². The number of aromatic nitrogens is 2. The topological polar surface area (TPSA) is 54.9 Å². The van der Waals surface area contributed by atoms with Crippen LogP contribution in [0.1, 0.15) is 20.8 Å². The smallest absolute Gasteiger partial charge is 0.230 e. The second kappa shape index (κ2) is 3.92. The second-order valence-corrected chi connectivity index (χ2v) is 4.40. The molecule has 0 spiro atoms. The highest BCUT2D eigenvalue weighted by Gasteiger charge is 2.21. The van der Waals surface area contributed by atoms with Gasteiger partial charge in [-0.05, 0) is 0 Å². The van der Waals surface area contributed by atoms with E-state index >= 15 is 0 Å². The fraction of sp³-hybridized carbons (Fsp3) is 0.444. The minimum Gasteiger partial charge on any atom is -0.309 e. The molecule has 0 aliphatic rings. The SMILES string of the molecule is CC(C)(C)C(=O)Nc1cc(Cl)cnn1. The van der Waals surface area contributed by atoms with Gasteiger partial charge in [0.05, 0.1) is 11.2 Å². The molecule has 0 atom stereocenters. The van der Waals surface area contributed by atoms with E-state index < -0.39 is 5.41 Å². The molecule has 0 saturated carbocycles. The number of hydrogen-bond donors (Lipinski definition) is 1. The molecule has 0 aliphatic carbocycles. The standard InChI is InChI=1S/C9H12ClN3O/c1-9(2,3)8(14)12-7-4-6(10)5-11-13-7/h4-5H,1-3H3,(H,12,13,14).